The number of amides is 2. The second-order valence-electron chi connectivity index (χ2n) is 7.38. The molecule has 10 heteroatoms. The Balaban J connectivity index is 1.58. The molecule has 166 valence electrons. The summed E-state index contributed by atoms with van der Waals surface area (Å²) in [7, 11) is -3.79. The molecular formula is C21H23ClFN3O4S. The number of carbonyl (C=O) groups is 2. The molecule has 1 fully saturated rings. The van der Waals surface area contributed by atoms with E-state index in [4.69, 9.17) is 11.6 Å². The number of nitrogens with zero attached hydrogens (tertiary/aromatic N) is 2. The zero-order valence-electron chi connectivity index (χ0n) is 17.0. The molecular weight excluding hydrogens is 445 g/mol. The fourth-order valence-electron chi connectivity index (χ4n) is 3.28. The minimum atomic E-state index is -3.79. The molecule has 1 N–H and O–H groups in total. The number of hydrogen-bond donors (Lipinski definition) is 1. The standard InChI is InChI=1S/C21H23ClFN3O4S/c1-31(29,30)26(17-8-9-19(23)18(22)11-17)14-20(27)24-12-15-4-6-16(7-5-15)13-25-10-2-3-21(25)28/h4-9,11H,2-3,10,12-14H2,1H3,(H,24,27). The van der Waals surface area contributed by atoms with Crippen molar-refractivity contribution < 1.29 is 22.4 Å². The van der Waals surface area contributed by atoms with Gasteiger partial charge in [0.05, 0.1) is 17.0 Å². The van der Waals surface area contributed by atoms with Gasteiger partial charge in [-0.15, -0.1) is 0 Å². The molecule has 0 aromatic heterocycles. The van der Waals surface area contributed by atoms with Crippen LogP contribution in [0.1, 0.15) is 24.0 Å². The highest BCUT2D eigenvalue weighted by Gasteiger charge is 2.22. The predicted molar refractivity (Wildman–Crippen MR) is 117 cm³/mol. The van der Waals surface area contributed by atoms with Crippen molar-refractivity contribution in [3.8, 4) is 0 Å². The van der Waals surface area contributed by atoms with Crippen molar-refractivity contribution in [3.63, 3.8) is 0 Å². The van der Waals surface area contributed by atoms with E-state index in [2.05, 4.69) is 5.32 Å². The van der Waals surface area contributed by atoms with E-state index in [1.807, 2.05) is 29.2 Å². The fraction of sp³-hybridized carbons (Fsp3) is 0.333. The van der Waals surface area contributed by atoms with Gasteiger partial charge in [0.15, 0.2) is 0 Å². The van der Waals surface area contributed by atoms with Crippen molar-refractivity contribution >= 4 is 39.1 Å². The van der Waals surface area contributed by atoms with Crippen molar-refractivity contribution in [3.05, 3.63) is 64.4 Å². The number of carbonyl (C=O) groups excluding carboxylic acids is 2. The largest absolute Gasteiger partial charge is 0.350 e. The summed E-state index contributed by atoms with van der Waals surface area (Å²) in [6.45, 7) is 1.08. The summed E-state index contributed by atoms with van der Waals surface area (Å²) >= 11 is 5.74. The van der Waals surface area contributed by atoms with Gasteiger partial charge in [-0.05, 0) is 35.7 Å². The average Bonchev–Trinajstić information content (AvgIpc) is 3.11. The summed E-state index contributed by atoms with van der Waals surface area (Å²) in [5.41, 5.74) is 1.94. The molecule has 0 radical (unpaired) electrons. The number of benzene rings is 2. The highest BCUT2D eigenvalue weighted by atomic mass is 35.5. The van der Waals surface area contributed by atoms with Crippen LogP contribution < -0.4 is 9.62 Å². The van der Waals surface area contributed by atoms with Gasteiger partial charge >= 0.3 is 0 Å². The number of anilines is 1. The number of nitrogens with one attached hydrogen (secondary N) is 1. The van der Waals surface area contributed by atoms with Gasteiger partial charge in [-0.25, -0.2) is 12.8 Å². The van der Waals surface area contributed by atoms with E-state index in [9.17, 15) is 22.4 Å². The third-order valence-corrected chi connectivity index (χ3v) is 6.37. The first-order valence-corrected chi connectivity index (χ1v) is 11.9. The van der Waals surface area contributed by atoms with Gasteiger partial charge in [0.2, 0.25) is 21.8 Å². The second kappa shape index (κ2) is 9.65. The zero-order chi connectivity index (χ0) is 22.6. The molecule has 1 saturated heterocycles. The summed E-state index contributed by atoms with van der Waals surface area (Å²) in [6.07, 6.45) is 2.44. The minimum absolute atomic E-state index is 0.102. The Hall–Kier alpha value is -2.65. The Labute approximate surface area is 185 Å². The molecule has 1 heterocycles. The van der Waals surface area contributed by atoms with Crippen LogP contribution in [0.3, 0.4) is 0 Å². The quantitative estimate of drug-likeness (QED) is 0.646. The normalized spacial score (nSPS) is 14.0. The van der Waals surface area contributed by atoms with Gasteiger partial charge in [-0.2, -0.15) is 0 Å². The third-order valence-electron chi connectivity index (χ3n) is 4.94. The summed E-state index contributed by atoms with van der Waals surface area (Å²) in [5.74, 6) is -1.03. The van der Waals surface area contributed by atoms with Crippen molar-refractivity contribution in [2.24, 2.45) is 0 Å². The SMILES string of the molecule is CS(=O)(=O)N(CC(=O)NCc1ccc(CN2CCCC2=O)cc1)c1ccc(F)c(Cl)c1. The molecule has 2 aromatic carbocycles. The van der Waals surface area contributed by atoms with E-state index < -0.39 is 28.3 Å². The molecule has 0 bridgehead atoms. The first kappa shape index (κ1) is 23.0. The van der Waals surface area contributed by atoms with Crippen LogP contribution in [0, 0.1) is 5.82 Å². The highest BCUT2D eigenvalue weighted by Crippen LogP contribution is 2.24. The Bertz CT molecular complexity index is 1080. The van der Waals surface area contributed by atoms with Gasteiger partial charge < -0.3 is 10.2 Å². The van der Waals surface area contributed by atoms with E-state index in [0.717, 1.165) is 46.8 Å². The van der Waals surface area contributed by atoms with E-state index in [1.54, 1.807) is 0 Å². The first-order chi connectivity index (χ1) is 14.6. The van der Waals surface area contributed by atoms with Crippen LogP contribution in [-0.2, 0) is 32.7 Å². The summed E-state index contributed by atoms with van der Waals surface area (Å²) in [6, 6.07) is 11.0. The van der Waals surface area contributed by atoms with Crippen LogP contribution in [0.4, 0.5) is 10.1 Å². The van der Waals surface area contributed by atoms with Crippen LogP contribution in [-0.4, -0.2) is 44.5 Å². The van der Waals surface area contributed by atoms with Gasteiger partial charge in [0.1, 0.15) is 12.4 Å². The molecule has 1 aliphatic heterocycles. The number of rotatable bonds is 8. The maximum absolute atomic E-state index is 13.4. The molecule has 0 atom stereocenters. The van der Waals surface area contributed by atoms with Crippen LogP contribution in [0.2, 0.25) is 5.02 Å². The van der Waals surface area contributed by atoms with E-state index in [0.29, 0.717) is 13.0 Å². The summed E-state index contributed by atoms with van der Waals surface area (Å²) in [4.78, 5) is 25.9. The Morgan fingerprint density at radius 2 is 1.87 bits per heavy atom. The van der Waals surface area contributed by atoms with Gasteiger partial charge in [-0.1, -0.05) is 35.9 Å². The van der Waals surface area contributed by atoms with Gasteiger partial charge in [0.25, 0.3) is 0 Å². The number of halogens is 2. The minimum Gasteiger partial charge on any atom is -0.350 e. The van der Waals surface area contributed by atoms with E-state index in [1.165, 1.54) is 6.07 Å². The maximum atomic E-state index is 13.4. The van der Waals surface area contributed by atoms with Crippen molar-refractivity contribution in [2.75, 3.05) is 23.7 Å². The molecule has 1 aliphatic rings. The lowest BCUT2D eigenvalue weighted by Crippen LogP contribution is -2.40. The van der Waals surface area contributed by atoms with E-state index in [-0.39, 0.29) is 23.2 Å². The lowest BCUT2D eigenvalue weighted by molar-refractivity contribution is -0.128. The number of likely N-dealkylation sites (tertiary alicyclic amines) is 1. The Morgan fingerprint density at radius 3 is 2.45 bits per heavy atom. The lowest BCUT2D eigenvalue weighted by Gasteiger charge is -2.22. The first-order valence-electron chi connectivity index (χ1n) is 9.68. The van der Waals surface area contributed by atoms with E-state index >= 15 is 0 Å². The molecule has 0 aliphatic carbocycles. The predicted octanol–water partition coefficient (Wildman–Crippen LogP) is 2.68. The van der Waals surface area contributed by atoms with Gasteiger partial charge in [-0.3, -0.25) is 13.9 Å². The molecule has 0 unspecified atom stereocenters. The van der Waals surface area contributed by atoms with Crippen LogP contribution >= 0.6 is 11.6 Å². The van der Waals surface area contributed by atoms with Crippen molar-refractivity contribution in [1.82, 2.24) is 10.2 Å². The maximum Gasteiger partial charge on any atom is 0.241 e. The fourth-order valence-corrected chi connectivity index (χ4v) is 4.30. The topological polar surface area (TPSA) is 86.8 Å². The molecule has 0 saturated carbocycles. The molecule has 31 heavy (non-hydrogen) atoms. The molecule has 0 spiro atoms. The van der Waals surface area contributed by atoms with Crippen molar-refractivity contribution in [1.29, 1.82) is 0 Å². The number of sulfonamides is 1. The Morgan fingerprint density at radius 1 is 1.19 bits per heavy atom. The molecule has 3 rings (SSSR count). The summed E-state index contributed by atoms with van der Waals surface area (Å²) < 4.78 is 38.5. The lowest BCUT2D eigenvalue weighted by atomic mass is 10.1. The summed E-state index contributed by atoms with van der Waals surface area (Å²) in [5, 5.41) is 2.45. The zero-order valence-corrected chi connectivity index (χ0v) is 18.5. The van der Waals surface area contributed by atoms with Crippen molar-refractivity contribution in [2.45, 2.75) is 25.9 Å². The van der Waals surface area contributed by atoms with Gasteiger partial charge in [0, 0.05) is 26.1 Å². The second-order valence-corrected chi connectivity index (χ2v) is 9.69. The average molecular weight is 468 g/mol. The smallest absolute Gasteiger partial charge is 0.241 e. The monoisotopic (exact) mass is 467 g/mol. The molecule has 2 amide bonds. The van der Waals surface area contributed by atoms with Crippen LogP contribution in [0.5, 0.6) is 0 Å². The van der Waals surface area contributed by atoms with Crippen LogP contribution in [0.15, 0.2) is 42.5 Å². The molecule has 7 nitrogen and oxygen atoms in total. The Kier molecular flexibility index (Phi) is 7.17. The third kappa shape index (κ3) is 6.18. The molecule has 2 aromatic rings. The number of hydrogen-bond acceptors (Lipinski definition) is 4. The highest BCUT2D eigenvalue weighted by molar-refractivity contribution is 7.92. The van der Waals surface area contributed by atoms with Crippen LogP contribution in [0.25, 0.3) is 0 Å².